The van der Waals surface area contributed by atoms with Gasteiger partial charge in [-0.3, -0.25) is 9.36 Å². The number of rotatable bonds is 6. The number of aryl methyl sites for hydroxylation is 2. The largest absolute Gasteiger partial charge is 0.496 e. The zero-order valence-corrected chi connectivity index (χ0v) is 18.6. The number of aromatic nitrogens is 2. The van der Waals surface area contributed by atoms with Crippen molar-refractivity contribution in [1.82, 2.24) is 14.5 Å². The Kier molecular flexibility index (Phi) is 6.56. The molecule has 0 amide bonds. The zero-order valence-electron chi connectivity index (χ0n) is 18.6. The van der Waals surface area contributed by atoms with Gasteiger partial charge >= 0.3 is 0 Å². The van der Waals surface area contributed by atoms with Crippen molar-refractivity contribution >= 4 is 5.57 Å². The molecule has 1 fully saturated rings. The fourth-order valence-corrected chi connectivity index (χ4v) is 4.94. The summed E-state index contributed by atoms with van der Waals surface area (Å²) in [6.45, 7) is 9.87. The van der Waals surface area contributed by atoms with E-state index < -0.39 is 0 Å². The van der Waals surface area contributed by atoms with Gasteiger partial charge < -0.3 is 9.64 Å². The molecule has 0 saturated carbocycles. The van der Waals surface area contributed by atoms with Crippen LogP contribution in [0.2, 0.25) is 0 Å². The van der Waals surface area contributed by atoms with Gasteiger partial charge in [-0.1, -0.05) is 6.58 Å². The summed E-state index contributed by atoms with van der Waals surface area (Å²) in [6, 6.07) is 4.65. The number of benzene rings is 1. The standard InChI is InChI=1S/C25H32FN3O2/c1-17(21-8-7-20(26)16-23(21)31-3)19-9-13-28(14-10-19)15-11-22-18(2)27-24-6-4-5-12-29(24)25(22)30/h7-8,16,19H,1,4-6,9-15H2,2-3H3. The van der Waals surface area contributed by atoms with Gasteiger partial charge in [0.2, 0.25) is 0 Å². The SMILES string of the molecule is C=C(c1ccc(F)cc1OC)C1CCN(CCc2c(C)nc3n(c2=O)CCCC3)CC1. The number of ether oxygens (including phenoxy) is 1. The lowest BCUT2D eigenvalue weighted by Crippen LogP contribution is -2.37. The number of fused-ring (bicyclic) bond motifs is 1. The van der Waals surface area contributed by atoms with E-state index in [4.69, 9.17) is 9.72 Å². The molecule has 0 unspecified atom stereocenters. The van der Waals surface area contributed by atoms with Crippen molar-refractivity contribution in [2.75, 3.05) is 26.7 Å². The van der Waals surface area contributed by atoms with Crippen LogP contribution < -0.4 is 10.3 Å². The average Bonchev–Trinajstić information content (AvgIpc) is 2.78. The van der Waals surface area contributed by atoms with E-state index in [1.54, 1.807) is 13.2 Å². The molecular weight excluding hydrogens is 393 g/mol. The predicted molar refractivity (Wildman–Crippen MR) is 121 cm³/mol. The molecule has 2 aliphatic heterocycles. The maximum absolute atomic E-state index is 13.5. The van der Waals surface area contributed by atoms with Crippen molar-refractivity contribution < 1.29 is 9.13 Å². The summed E-state index contributed by atoms with van der Waals surface area (Å²) in [4.78, 5) is 20.1. The lowest BCUT2D eigenvalue weighted by molar-refractivity contribution is 0.208. The second-order valence-corrected chi connectivity index (χ2v) is 8.74. The first-order valence-electron chi connectivity index (χ1n) is 11.3. The molecule has 1 saturated heterocycles. The molecule has 1 aromatic carbocycles. The molecule has 2 aliphatic rings. The van der Waals surface area contributed by atoms with E-state index in [1.807, 2.05) is 11.5 Å². The van der Waals surface area contributed by atoms with Gasteiger partial charge in [0.05, 0.1) is 7.11 Å². The second kappa shape index (κ2) is 9.35. The Morgan fingerprint density at radius 2 is 2.03 bits per heavy atom. The van der Waals surface area contributed by atoms with Gasteiger partial charge in [-0.25, -0.2) is 9.37 Å². The van der Waals surface area contributed by atoms with Gasteiger partial charge in [0.25, 0.3) is 5.56 Å². The minimum absolute atomic E-state index is 0.161. The van der Waals surface area contributed by atoms with Gasteiger partial charge in [0, 0.05) is 42.4 Å². The molecule has 0 atom stereocenters. The predicted octanol–water partition coefficient (Wildman–Crippen LogP) is 4.00. The van der Waals surface area contributed by atoms with Crippen LogP contribution in [0.25, 0.3) is 5.57 Å². The molecule has 0 radical (unpaired) electrons. The summed E-state index contributed by atoms with van der Waals surface area (Å²) in [6.07, 6.45) is 5.84. The number of allylic oxidation sites excluding steroid dienone is 1. The van der Waals surface area contributed by atoms with Crippen LogP contribution in [0.5, 0.6) is 5.75 Å². The molecule has 0 spiro atoms. The first kappa shape index (κ1) is 21.8. The molecule has 0 aliphatic carbocycles. The molecule has 0 bridgehead atoms. The Hall–Kier alpha value is -2.47. The number of nitrogens with zero attached hydrogens (tertiary/aromatic N) is 3. The maximum Gasteiger partial charge on any atom is 0.256 e. The smallest absolute Gasteiger partial charge is 0.256 e. The number of piperidine rings is 1. The summed E-state index contributed by atoms with van der Waals surface area (Å²) < 4.78 is 20.8. The Labute approximate surface area is 183 Å². The van der Waals surface area contributed by atoms with Gasteiger partial charge in [-0.2, -0.15) is 0 Å². The first-order chi connectivity index (χ1) is 15.0. The van der Waals surface area contributed by atoms with Crippen LogP contribution in [0, 0.1) is 18.7 Å². The fourth-order valence-electron chi connectivity index (χ4n) is 4.94. The van der Waals surface area contributed by atoms with Crippen LogP contribution in [0.1, 0.15) is 48.3 Å². The lowest BCUT2D eigenvalue weighted by atomic mass is 9.85. The topological polar surface area (TPSA) is 47.4 Å². The zero-order chi connectivity index (χ0) is 22.0. The van der Waals surface area contributed by atoms with Crippen LogP contribution in [-0.4, -0.2) is 41.2 Å². The van der Waals surface area contributed by atoms with Crippen molar-refractivity contribution in [2.45, 2.75) is 52.0 Å². The van der Waals surface area contributed by atoms with Gasteiger partial charge in [0.15, 0.2) is 0 Å². The molecule has 1 aromatic heterocycles. The van der Waals surface area contributed by atoms with Crippen molar-refractivity contribution in [3.05, 3.63) is 63.6 Å². The quantitative estimate of drug-likeness (QED) is 0.702. The van der Waals surface area contributed by atoms with Crippen molar-refractivity contribution in [2.24, 2.45) is 5.92 Å². The molecule has 4 rings (SSSR count). The molecule has 5 nitrogen and oxygen atoms in total. The van der Waals surface area contributed by atoms with Crippen molar-refractivity contribution in [3.8, 4) is 5.75 Å². The Balaban J connectivity index is 1.36. The third kappa shape index (κ3) is 4.59. The molecule has 2 aromatic rings. The van der Waals surface area contributed by atoms with Crippen LogP contribution in [0.3, 0.4) is 0 Å². The highest BCUT2D eigenvalue weighted by Crippen LogP contribution is 2.35. The van der Waals surface area contributed by atoms with E-state index in [-0.39, 0.29) is 11.4 Å². The highest BCUT2D eigenvalue weighted by molar-refractivity contribution is 5.70. The minimum Gasteiger partial charge on any atom is -0.496 e. The van der Waals surface area contributed by atoms with Crippen molar-refractivity contribution in [1.29, 1.82) is 0 Å². The highest BCUT2D eigenvalue weighted by Gasteiger charge is 2.24. The number of halogens is 1. The summed E-state index contributed by atoms with van der Waals surface area (Å²) in [7, 11) is 1.56. The average molecular weight is 426 g/mol. The van der Waals surface area contributed by atoms with E-state index in [9.17, 15) is 9.18 Å². The van der Waals surface area contributed by atoms with Crippen LogP contribution in [-0.2, 0) is 19.4 Å². The van der Waals surface area contributed by atoms with E-state index in [1.165, 1.54) is 12.1 Å². The van der Waals surface area contributed by atoms with Crippen LogP contribution >= 0.6 is 0 Å². The second-order valence-electron chi connectivity index (χ2n) is 8.74. The summed E-state index contributed by atoms with van der Waals surface area (Å²) in [5, 5.41) is 0. The Morgan fingerprint density at radius 1 is 1.26 bits per heavy atom. The monoisotopic (exact) mass is 425 g/mol. The molecule has 3 heterocycles. The molecule has 31 heavy (non-hydrogen) atoms. The summed E-state index contributed by atoms with van der Waals surface area (Å²) >= 11 is 0. The first-order valence-corrected chi connectivity index (χ1v) is 11.3. The Morgan fingerprint density at radius 3 is 2.77 bits per heavy atom. The third-order valence-corrected chi connectivity index (χ3v) is 6.85. The van der Waals surface area contributed by atoms with E-state index in [0.29, 0.717) is 11.7 Å². The molecule has 6 heteroatoms. The summed E-state index contributed by atoms with van der Waals surface area (Å²) in [5.41, 5.74) is 3.84. The molecular formula is C25H32FN3O2. The Bertz CT molecular complexity index is 1020. The molecule has 0 N–H and O–H groups in total. The van der Waals surface area contributed by atoms with Gasteiger partial charge in [0.1, 0.15) is 17.4 Å². The third-order valence-electron chi connectivity index (χ3n) is 6.85. The van der Waals surface area contributed by atoms with Crippen LogP contribution in [0.15, 0.2) is 29.6 Å². The maximum atomic E-state index is 13.5. The van der Waals surface area contributed by atoms with Gasteiger partial charge in [-0.15, -0.1) is 0 Å². The number of methoxy groups -OCH3 is 1. The number of hydrogen-bond donors (Lipinski definition) is 0. The van der Waals surface area contributed by atoms with Crippen molar-refractivity contribution in [3.63, 3.8) is 0 Å². The lowest BCUT2D eigenvalue weighted by Gasteiger charge is -2.33. The van der Waals surface area contributed by atoms with E-state index in [2.05, 4.69) is 11.5 Å². The van der Waals surface area contributed by atoms with Gasteiger partial charge in [-0.05, 0) is 75.7 Å². The van der Waals surface area contributed by atoms with E-state index >= 15 is 0 Å². The van der Waals surface area contributed by atoms with E-state index in [0.717, 1.165) is 92.9 Å². The van der Waals surface area contributed by atoms with Crippen LogP contribution in [0.4, 0.5) is 4.39 Å². The highest BCUT2D eigenvalue weighted by atomic mass is 19.1. The normalized spacial score (nSPS) is 17.4. The minimum atomic E-state index is -0.300. The fraction of sp³-hybridized carbons (Fsp3) is 0.520. The number of hydrogen-bond acceptors (Lipinski definition) is 4. The summed E-state index contributed by atoms with van der Waals surface area (Å²) in [5.74, 6) is 1.55. The number of likely N-dealkylation sites (tertiary alicyclic amines) is 1. The molecule has 166 valence electrons.